The lowest BCUT2D eigenvalue weighted by Crippen LogP contribution is -2.33. The minimum atomic E-state index is -2.66. The van der Waals surface area contributed by atoms with Crippen molar-refractivity contribution < 1.29 is 4.57 Å². The second-order valence-electron chi connectivity index (χ2n) is 9.22. The average molecular weight is 496 g/mol. The van der Waals surface area contributed by atoms with Crippen LogP contribution in [0.25, 0.3) is 33.8 Å². The summed E-state index contributed by atoms with van der Waals surface area (Å²) in [5, 5.41) is 3.41. The molecule has 0 saturated heterocycles. The van der Waals surface area contributed by atoms with Gasteiger partial charge in [0.1, 0.15) is 7.14 Å². The van der Waals surface area contributed by atoms with Crippen LogP contribution in [-0.2, 0) is 4.57 Å². The largest absolute Gasteiger partial charge is 0.314 e. The van der Waals surface area contributed by atoms with Crippen LogP contribution < -0.4 is 15.8 Å². The molecule has 0 aliphatic carbocycles. The number of pyridine rings is 2. The Morgan fingerprint density at radius 2 is 1.51 bits per heavy atom. The number of hydrogen-bond donors (Lipinski definition) is 0. The predicted octanol–water partition coefficient (Wildman–Crippen LogP) is 6.65. The van der Waals surface area contributed by atoms with Crippen LogP contribution in [0.5, 0.6) is 0 Å². The van der Waals surface area contributed by atoms with E-state index < -0.39 is 15.9 Å². The summed E-state index contributed by atoms with van der Waals surface area (Å²) in [7, 11) is -3.40. The van der Waals surface area contributed by atoms with Gasteiger partial charge in [0.15, 0.2) is 0 Å². The van der Waals surface area contributed by atoms with E-state index in [4.69, 9.17) is 4.98 Å². The first kappa shape index (κ1) is 23.9. The van der Waals surface area contributed by atoms with Gasteiger partial charge in [0.2, 0.25) is 0 Å². The molecule has 3 nitrogen and oxygen atoms in total. The van der Waals surface area contributed by atoms with Gasteiger partial charge in [0.05, 0.1) is 25.9 Å². The van der Waals surface area contributed by atoms with Gasteiger partial charge in [0.25, 0.3) is 0 Å². The molecule has 1 aliphatic heterocycles. The van der Waals surface area contributed by atoms with Crippen LogP contribution in [0.3, 0.4) is 0 Å². The van der Waals surface area contributed by atoms with Crippen LogP contribution in [0.15, 0.2) is 79.0 Å². The van der Waals surface area contributed by atoms with Crippen LogP contribution in [0, 0.1) is 0 Å². The number of rotatable bonds is 8. The Morgan fingerprint density at radius 1 is 0.771 bits per heavy atom. The molecule has 4 aromatic rings. The molecule has 1 unspecified atom stereocenters. The molecule has 5 rings (SSSR count). The van der Waals surface area contributed by atoms with Gasteiger partial charge in [0, 0.05) is 39.7 Å². The molecular weight excluding hydrogens is 463 g/mol. The second-order valence-corrected chi connectivity index (χ2v) is 15.0. The van der Waals surface area contributed by atoms with Gasteiger partial charge in [-0.05, 0) is 30.3 Å². The summed E-state index contributed by atoms with van der Waals surface area (Å²) in [4.78, 5) is 9.74. The zero-order chi connectivity index (χ0) is 24.4. The summed E-state index contributed by atoms with van der Waals surface area (Å²) >= 11 is 0. The van der Waals surface area contributed by atoms with Gasteiger partial charge >= 0.3 is 0 Å². The normalized spacial score (nSPS) is 16.3. The standard InChI is InChI=1S/C30H32N2OPSi/c1-4-19-35(20-5-2)28-15-10-14-26-29(28)30-27(34(26,33)6-3)17-16-25(32-30)23-12-9-11-22(21-23)24-13-7-8-18-31-24/h7-18,21H,4-6,19-20H2,1-3H3. The Morgan fingerprint density at radius 3 is 2.20 bits per heavy atom. The Bertz CT molecular complexity index is 1400. The Kier molecular flexibility index (Phi) is 6.86. The molecule has 35 heavy (non-hydrogen) atoms. The van der Waals surface area contributed by atoms with Crippen molar-refractivity contribution in [2.24, 2.45) is 0 Å². The number of nitrogens with zero attached hydrogens (tertiary/aromatic N) is 2. The first-order valence-corrected chi connectivity index (χ1v) is 16.5. The van der Waals surface area contributed by atoms with Crippen LogP contribution in [-0.4, -0.2) is 24.9 Å². The maximum Gasteiger partial charge on any atom is 0.145 e. The molecule has 2 aromatic carbocycles. The fraction of sp³-hybridized carbons (Fsp3) is 0.267. The van der Waals surface area contributed by atoms with Crippen molar-refractivity contribution in [1.82, 2.24) is 9.97 Å². The van der Waals surface area contributed by atoms with Crippen molar-refractivity contribution in [3.8, 4) is 33.8 Å². The molecule has 0 saturated carbocycles. The summed E-state index contributed by atoms with van der Waals surface area (Å²) in [6, 6.07) is 27.5. The number of benzene rings is 2. The fourth-order valence-corrected chi connectivity index (χ4v) is 11.0. The van der Waals surface area contributed by atoms with Crippen molar-refractivity contribution in [2.45, 2.75) is 45.7 Å². The summed E-state index contributed by atoms with van der Waals surface area (Å²) < 4.78 is 14.4. The van der Waals surface area contributed by atoms with Gasteiger partial charge in [-0.2, -0.15) is 0 Å². The molecule has 1 atom stereocenters. The molecule has 0 amide bonds. The first-order chi connectivity index (χ1) is 17.1. The topological polar surface area (TPSA) is 42.9 Å². The average Bonchev–Trinajstić information content (AvgIpc) is 3.17. The van der Waals surface area contributed by atoms with Gasteiger partial charge < -0.3 is 4.57 Å². The van der Waals surface area contributed by atoms with E-state index >= 15 is 0 Å². The summed E-state index contributed by atoms with van der Waals surface area (Å²) in [5.74, 6) is 0. The Balaban J connectivity index is 1.67. The molecule has 177 valence electrons. The highest BCUT2D eigenvalue weighted by molar-refractivity contribution is 7.80. The molecule has 2 aromatic heterocycles. The maximum absolute atomic E-state index is 14.4. The molecule has 0 spiro atoms. The lowest BCUT2D eigenvalue weighted by molar-refractivity contribution is 0.588. The van der Waals surface area contributed by atoms with Gasteiger partial charge in [-0.3, -0.25) is 4.98 Å². The zero-order valence-corrected chi connectivity index (χ0v) is 22.7. The van der Waals surface area contributed by atoms with Crippen LogP contribution >= 0.6 is 7.14 Å². The van der Waals surface area contributed by atoms with E-state index in [0.717, 1.165) is 38.8 Å². The van der Waals surface area contributed by atoms with Crippen LogP contribution in [0.1, 0.15) is 33.6 Å². The Labute approximate surface area is 210 Å². The molecule has 0 fully saturated rings. The third-order valence-corrected chi connectivity index (χ3v) is 13.5. The van der Waals surface area contributed by atoms with Crippen molar-refractivity contribution in [1.29, 1.82) is 0 Å². The van der Waals surface area contributed by atoms with Gasteiger partial charge in [-0.25, -0.2) is 4.98 Å². The van der Waals surface area contributed by atoms with Gasteiger partial charge in [-0.15, -0.1) is 0 Å². The minimum Gasteiger partial charge on any atom is -0.314 e. The molecule has 1 radical (unpaired) electrons. The fourth-order valence-electron chi connectivity index (χ4n) is 5.31. The smallest absolute Gasteiger partial charge is 0.145 e. The van der Waals surface area contributed by atoms with E-state index in [1.807, 2.05) is 30.5 Å². The van der Waals surface area contributed by atoms with Gasteiger partial charge in [-0.1, -0.05) is 93.4 Å². The van der Waals surface area contributed by atoms with E-state index in [0.29, 0.717) is 6.16 Å². The highest BCUT2D eigenvalue weighted by atomic mass is 31.2. The maximum atomic E-state index is 14.4. The summed E-state index contributed by atoms with van der Waals surface area (Å²) in [5.41, 5.74) is 6.14. The number of hydrogen-bond acceptors (Lipinski definition) is 3. The lowest BCUT2D eigenvalue weighted by atomic mass is 10.0. The van der Waals surface area contributed by atoms with E-state index in [1.165, 1.54) is 35.7 Å². The summed E-state index contributed by atoms with van der Waals surface area (Å²) in [6.07, 6.45) is 4.83. The minimum absolute atomic E-state index is 0.635. The monoisotopic (exact) mass is 495 g/mol. The highest BCUT2D eigenvalue weighted by Gasteiger charge is 2.40. The molecule has 0 bridgehead atoms. The molecular formula is C30H32N2OPSi. The third kappa shape index (κ3) is 4.24. The number of aromatic nitrogens is 2. The predicted molar refractivity (Wildman–Crippen MR) is 151 cm³/mol. The van der Waals surface area contributed by atoms with Crippen molar-refractivity contribution in [3.05, 3.63) is 79.0 Å². The first-order valence-electron chi connectivity index (χ1n) is 12.7. The second kappa shape index (κ2) is 10.0. The quantitative estimate of drug-likeness (QED) is 0.203. The lowest BCUT2D eigenvalue weighted by Gasteiger charge is -2.18. The van der Waals surface area contributed by atoms with Crippen molar-refractivity contribution >= 4 is 31.7 Å². The van der Waals surface area contributed by atoms with Crippen molar-refractivity contribution in [3.63, 3.8) is 0 Å². The summed E-state index contributed by atoms with van der Waals surface area (Å²) in [6.45, 7) is 6.61. The van der Waals surface area contributed by atoms with Crippen LogP contribution in [0.4, 0.5) is 0 Å². The third-order valence-electron chi connectivity index (χ3n) is 6.98. The highest BCUT2D eigenvalue weighted by Crippen LogP contribution is 2.52. The van der Waals surface area contributed by atoms with E-state index in [9.17, 15) is 4.57 Å². The van der Waals surface area contributed by atoms with E-state index in [1.54, 1.807) is 0 Å². The van der Waals surface area contributed by atoms with E-state index in [2.05, 4.69) is 74.3 Å². The van der Waals surface area contributed by atoms with Crippen molar-refractivity contribution in [2.75, 3.05) is 6.16 Å². The van der Waals surface area contributed by atoms with E-state index in [-0.39, 0.29) is 0 Å². The number of fused-ring (bicyclic) bond motifs is 3. The zero-order valence-electron chi connectivity index (χ0n) is 20.8. The SMILES string of the molecule is CCC[Si](CCC)c1cccc2c1-c1nc(-c3cccc(-c4ccccn4)c3)ccc1P2(=O)CC. The molecule has 5 heteroatoms. The Hall–Kier alpha value is -2.81. The molecule has 0 N–H and O–H groups in total. The molecule has 3 heterocycles. The van der Waals surface area contributed by atoms with Crippen LogP contribution in [0.2, 0.25) is 12.1 Å². The molecule has 1 aliphatic rings.